The second-order valence-electron chi connectivity index (χ2n) is 3.79. The zero-order chi connectivity index (χ0) is 11.5. The standard InChI is InChI=1S/C12H15N3S/c1-3-15-11(13-14-12(15)16)8-10-7-5-4-6-9(10)2/h4-7H,3,8H2,1-2H3,(H,14,16). The van der Waals surface area contributed by atoms with E-state index in [9.17, 15) is 0 Å². The zero-order valence-electron chi connectivity index (χ0n) is 9.53. The van der Waals surface area contributed by atoms with Crippen molar-refractivity contribution in [2.45, 2.75) is 26.8 Å². The van der Waals surface area contributed by atoms with Crippen LogP contribution in [0.25, 0.3) is 0 Å². The number of nitrogens with zero attached hydrogens (tertiary/aromatic N) is 2. The highest BCUT2D eigenvalue weighted by Crippen LogP contribution is 2.12. The van der Waals surface area contributed by atoms with Crippen molar-refractivity contribution in [1.29, 1.82) is 0 Å². The Morgan fingerprint density at radius 3 is 2.81 bits per heavy atom. The normalized spacial score (nSPS) is 10.6. The van der Waals surface area contributed by atoms with Gasteiger partial charge in [-0.15, -0.1) is 0 Å². The third kappa shape index (κ3) is 2.07. The molecule has 0 radical (unpaired) electrons. The molecule has 0 fully saturated rings. The summed E-state index contributed by atoms with van der Waals surface area (Å²) in [5, 5.41) is 7.11. The summed E-state index contributed by atoms with van der Waals surface area (Å²) in [7, 11) is 0. The molecule has 16 heavy (non-hydrogen) atoms. The van der Waals surface area contributed by atoms with E-state index in [2.05, 4.69) is 48.3 Å². The first-order chi connectivity index (χ1) is 7.72. The van der Waals surface area contributed by atoms with Gasteiger partial charge in [0.2, 0.25) is 0 Å². The molecule has 1 aromatic heterocycles. The monoisotopic (exact) mass is 233 g/mol. The van der Waals surface area contributed by atoms with Gasteiger partial charge < -0.3 is 4.57 Å². The number of rotatable bonds is 3. The van der Waals surface area contributed by atoms with Crippen LogP contribution in [-0.4, -0.2) is 14.8 Å². The largest absolute Gasteiger partial charge is 0.304 e. The fourth-order valence-electron chi connectivity index (χ4n) is 1.79. The van der Waals surface area contributed by atoms with Gasteiger partial charge in [0.05, 0.1) is 0 Å². The SMILES string of the molecule is CCn1c(Cc2ccccc2C)n[nH]c1=S. The van der Waals surface area contributed by atoms with E-state index in [1.54, 1.807) is 0 Å². The Morgan fingerprint density at radius 2 is 2.12 bits per heavy atom. The van der Waals surface area contributed by atoms with Crippen molar-refractivity contribution >= 4 is 12.2 Å². The summed E-state index contributed by atoms with van der Waals surface area (Å²) in [6.07, 6.45) is 0.827. The third-order valence-electron chi connectivity index (χ3n) is 2.76. The van der Waals surface area contributed by atoms with E-state index in [0.717, 1.165) is 18.8 Å². The number of benzene rings is 1. The van der Waals surface area contributed by atoms with E-state index in [1.165, 1.54) is 11.1 Å². The van der Waals surface area contributed by atoms with Crippen LogP contribution in [0.15, 0.2) is 24.3 Å². The maximum Gasteiger partial charge on any atom is 0.195 e. The summed E-state index contributed by atoms with van der Waals surface area (Å²) in [5.74, 6) is 1.00. The quantitative estimate of drug-likeness (QED) is 0.827. The lowest BCUT2D eigenvalue weighted by Crippen LogP contribution is -2.03. The van der Waals surface area contributed by atoms with Gasteiger partial charge in [-0.05, 0) is 37.2 Å². The third-order valence-corrected chi connectivity index (χ3v) is 3.08. The molecule has 1 aromatic carbocycles. The van der Waals surface area contributed by atoms with Gasteiger partial charge in [-0.25, -0.2) is 0 Å². The number of aromatic nitrogens is 3. The van der Waals surface area contributed by atoms with Crippen molar-refractivity contribution < 1.29 is 0 Å². The molecule has 4 heteroatoms. The number of hydrogen-bond donors (Lipinski definition) is 1. The van der Waals surface area contributed by atoms with Crippen LogP contribution in [0.3, 0.4) is 0 Å². The van der Waals surface area contributed by atoms with E-state index in [-0.39, 0.29) is 0 Å². The van der Waals surface area contributed by atoms with Gasteiger partial charge in [0.25, 0.3) is 0 Å². The first-order valence-corrected chi connectivity index (χ1v) is 5.81. The fraction of sp³-hybridized carbons (Fsp3) is 0.333. The molecule has 84 valence electrons. The molecule has 1 N–H and O–H groups in total. The fourth-order valence-corrected chi connectivity index (χ4v) is 2.07. The average Bonchev–Trinajstić information content (AvgIpc) is 2.63. The predicted molar refractivity (Wildman–Crippen MR) is 67.1 cm³/mol. The van der Waals surface area contributed by atoms with Crippen molar-refractivity contribution in [2.24, 2.45) is 0 Å². The molecule has 0 spiro atoms. The molecule has 0 aliphatic carbocycles. The Labute approximate surface area is 100 Å². The molecule has 2 rings (SSSR count). The van der Waals surface area contributed by atoms with Crippen molar-refractivity contribution in [3.8, 4) is 0 Å². The summed E-state index contributed by atoms with van der Waals surface area (Å²) in [6.45, 7) is 5.05. The summed E-state index contributed by atoms with van der Waals surface area (Å²) >= 11 is 5.17. The van der Waals surface area contributed by atoms with Gasteiger partial charge in [0.15, 0.2) is 4.77 Å². The van der Waals surface area contributed by atoms with E-state index in [1.807, 2.05) is 4.57 Å². The van der Waals surface area contributed by atoms with Gasteiger partial charge in [-0.3, -0.25) is 5.10 Å². The molecule has 1 heterocycles. The molecule has 0 bridgehead atoms. The van der Waals surface area contributed by atoms with E-state index in [4.69, 9.17) is 12.2 Å². The van der Waals surface area contributed by atoms with Crippen molar-refractivity contribution in [3.63, 3.8) is 0 Å². The molecule has 0 aliphatic rings. The second kappa shape index (κ2) is 4.61. The average molecular weight is 233 g/mol. The minimum atomic E-state index is 0.700. The Bertz CT molecular complexity index is 539. The Balaban J connectivity index is 2.34. The van der Waals surface area contributed by atoms with E-state index >= 15 is 0 Å². The van der Waals surface area contributed by atoms with Crippen LogP contribution < -0.4 is 0 Å². The molecule has 0 aliphatic heterocycles. The number of hydrogen-bond acceptors (Lipinski definition) is 2. The lowest BCUT2D eigenvalue weighted by atomic mass is 10.1. The number of aryl methyl sites for hydroxylation is 1. The van der Waals surface area contributed by atoms with Crippen molar-refractivity contribution in [1.82, 2.24) is 14.8 Å². The first kappa shape index (κ1) is 11.1. The van der Waals surface area contributed by atoms with Gasteiger partial charge in [0, 0.05) is 13.0 Å². The van der Waals surface area contributed by atoms with Crippen LogP contribution in [0.4, 0.5) is 0 Å². The second-order valence-corrected chi connectivity index (χ2v) is 4.18. The summed E-state index contributed by atoms with van der Waals surface area (Å²) in [5.41, 5.74) is 2.59. The molecule has 0 unspecified atom stereocenters. The Morgan fingerprint density at radius 1 is 1.38 bits per heavy atom. The predicted octanol–water partition coefficient (Wildman–Crippen LogP) is 2.86. The molecular weight excluding hydrogens is 218 g/mol. The summed E-state index contributed by atoms with van der Waals surface area (Å²) in [4.78, 5) is 0. The summed E-state index contributed by atoms with van der Waals surface area (Å²) in [6, 6.07) is 8.36. The smallest absolute Gasteiger partial charge is 0.195 e. The zero-order valence-corrected chi connectivity index (χ0v) is 10.3. The van der Waals surface area contributed by atoms with Gasteiger partial charge >= 0.3 is 0 Å². The molecule has 2 aromatic rings. The first-order valence-electron chi connectivity index (χ1n) is 5.41. The number of nitrogens with one attached hydrogen (secondary N) is 1. The number of aromatic amines is 1. The van der Waals surface area contributed by atoms with Crippen LogP contribution in [0.5, 0.6) is 0 Å². The number of H-pyrrole nitrogens is 1. The molecule has 0 saturated heterocycles. The van der Waals surface area contributed by atoms with Gasteiger partial charge in [-0.2, -0.15) is 5.10 Å². The van der Waals surface area contributed by atoms with Gasteiger partial charge in [0.1, 0.15) is 5.82 Å². The highest BCUT2D eigenvalue weighted by Gasteiger charge is 2.06. The Hall–Kier alpha value is -1.42. The minimum Gasteiger partial charge on any atom is -0.304 e. The highest BCUT2D eigenvalue weighted by molar-refractivity contribution is 7.71. The van der Waals surface area contributed by atoms with Crippen LogP contribution >= 0.6 is 12.2 Å². The summed E-state index contributed by atoms with van der Waals surface area (Å²) < 4.78 is 2.73. The van der Waals surface area contributed by atoms with Crippen LogP contribution in [0.1, 0.15) is 23.9 Å². The Kier molecular flexibility index (Phi) is 3.19. The molecular formula is C12H15N3S. The van der Waals surface area contributed by atoms with E-state index < -0.39 is 0 Å². The van der Waals surface area contributed by atoms with Crippen molar-refractivity contribution in [2.75, 3.05) is 0 Å². The lowest BCUT2D eigenvalue weighted by Gasteiger charge is -2.06. The van der Waals surface area contributed by atoms with Crippen molar-refractivity contribution in [3.05, 3.63) is 46.0 Å². The molecule has 0 amide bonds. The lowest BCUT2D eigenvalue weighted by molar-refractivity contribution is 0.703. The molecule has 3 nitrogen and oxygen atoms in total. The molecule has 0 saturated carbocycles. The minimum absolute atomic E-state index is 0.700. The van der Waals surface area contributed by atoms with Gasteiger partial charge in [-0.1, -0.05) is 24.3 Å². The van der Waals surface area contributed by atoms with Crippen LogP contribution in [0, 0.1) is 11.7 Å². The van der Waals surface area contributed by atoms with Crippen LogP contribution in [0.2, 0.25) is 0 Å². The maximum absolute atomic E-state index is 5.17. The maximum atomic E-state index is 5.17. The highest BCUT2D eigenvalue weighted by atomic mass is 32.1. The van der Waals surface area contributed by atoms with Crippen LogP contribution in [-0.2, 0) is 13.0 Å². The van der Waals surface area contributed by atoms with E-state index in [0.29, 0.717) is 4.77 Å². The topological polar surface area (TPSA) is 33.6 Å². The molecule has 0 atom stereocenters.